The molecule has 0 aromatic heterocycles. The molecule has 1 saturated heterocycles. The van der Waals surface area contributed by atoms with Gasteiger partial charge in [0, 0.05) is 18.7 Å². The molecule has 1 amide bonds. The maximum Gasteiger partial charge on any atom is 0.229 e. The SMILES string of the molecule is Cc1ccc(C(=O)C2CC(=O)NC(N3CCOCC3)=N2)cc1. The number of hydrogen-bond donors (Lipinski definition) is 1. The number of carbonyl (C=O) groups is 2. The van der Waals surface area contributed by atoms with Gasteiger partial charge in [-0.15, -0.1) is 0 Å². The smallest absolute Gasteiger partial charge is 0.229 e. The van der Waals surface area contributed by atoms with Crippen LogP contribution in [0.4, 0.5) is 0 Å². The third kappa shape index (κ3) is 3.17. The van der Waals surface area contributed by atoms with Crippen molar-refractivity contribution >= 4 is 17.6 Å². The Morgan fingerprint density at radius 2 is 1.95 bits per heavy atom. The molecular formula is C16H19N3O3. The van der Waals surface area contributed by atoms with Gasteiger partial charge in [0.05, 0.1) is 19.6 Å². The number of carbonyl (C=O) groups excluding carboxylic acids is 2. The quantitative estimate of drug-likeness (QED) is 0.819. The first-order valence-electron chi connectivity index (χ1n) is 7.45. The molecule has 2 aliphatic heterocycles. The van der Waals surface area contributed by atoms with Gasteiger partial charge in [-0.05, 0) is 6.92 Å². The van der Waals surface area contributed by atoms with E-state index in [1.165, 1.54) is 0 Å². The predicted octanol–water partition coefficient (Wildman–Crippen LogP) is 0.754. The second-order valence-corrected chi connectivity index (χ2v) is 5.55. The number of morpholine rings is 1. The summed E-state index contributed by atoms with van der Waals surface area (Å²) in [6.07, 6.45) is 0.0978. The van der Waals surface area contributed by atoms with Crippen LogP contribution in [0, 0.1) is 6.92 Å². The van der Waals surface area contributed by atoms with Crippen LogP contribution >= 0.6 is 0 Å². The normalized spacial score (nSPS) is 22.0. The van der Waals surface area contributed by atoms with Crippen LogP contribution < -0.4 is 5.32 Å². The molecule has 3 rings (SSSR count). The van der Waals surface area contributed by atoms with Gasteiger partial charge in [-0.3, -0.25) is 14.9 Å². The first-order valence-corrected chi connectivity index (χ1v) is 7.45. The molecule has 0 aliphatic carbocycles. The zero-order valence-electron chi connectivity index (χ0n) is 12.5. The summed E-state index contributed by atoms with van der Waals surface area (Å²) in [6.45, 7) is 4.52. The van der Waals surface area contributed by atoms with Crippen molar-refractivity contribution in [3.63, 3.8) is 0 Å². The molecule has 2 heterocycles. The van der Waals surface area contributed by atoms with E-state index in [1.54, 1.807) is 12.1 Å². The Labute approximate surface area is 129 Å². The number of rotatable bonds is 2. The molecule has 1 unspecified atom stereocenters. The van der Waals surface area contributed by atoms with Gasteiger partial charge >= 0.3 is 0 Å². The number of aryl methyl sites for hydroxylation is 1. The molecule has 116 valence electrons. The Morgan fingerprint density at radius 1 is 1.27 bits per heavy atom. The summed E-state index contributed by atoms with van der Waals surface area (Å²) in [5.74, 6) is 0.215. The average molecular weight is 301 g/mol. The minimum atomic E-state index is -0.644. The first-order chi connectivity index (χ1) is 10.6. The molecule has 1 fully saturated rings. The van der Waals surface area contributed by atoms with E-state index in [-0.39, 0.29) is 18.1 Å². The van der Waals surface area contributed by atoms with Gasteiger partial charge in [-0.2, -0.15) is 0 Å². The van der Waals surface area contributed by atoms with E-state index in [1.807, 2.05) is 24.0 Å². The van der Waals surface area contributed by atoms with Gasteiger partial charge in [0.2, 0.25) is 11.9 Å². The van der Waals surface area contributed by atoms with E-state index in [0.717, 1.165) is 5.56 Å². The number of amides is 1. The van der Waals surface area contributed by atoms with Crippen LogP contribution in [0.1, 0.15) is 22.3 Å². The lowest BCUT2D eigenvalue weighted by molar-refractivity contribution is -0.120. The number of benzene rings is 1. The predicted molar refractivity (Wildman–Crippen MR) is 81.9 cm³/mol. The third-order valence-corrected chi connectivity index (χ3v) is 3.86. The monoisotopic (exact) mass is 301 g/mol. The Morgan fingerprint density at radius 3 is 2.64 bits per heavy atom. The Hall–Kier alpha value is -2.21. The van der Waals surface area contributed by atoms with Gasteiger partial charge in [-0.25, -0.2) is 4.99 Å². The highest BCUT2D eigenvalue weighted by atomic mass is 16.5. The largest absolute Gasteiger partial charge is 0.378 e. The Kier molecular flexibility index (Phi) is 4.20. The van der Waals surface area contributed by atoms with Crippen molar-refractivity contribution in [3.05, 3.63) is 35.4 Å². The number of Topliss-reactive ketones (excluding diaryl/α,β-unsaturated/α-hetero) is 1. The maximum absolute atomic E-state index is 12.6. The summed E-state index contributed by atoms with van der Waals surface area (Å²) in [4.78, 5) is 30.9. The lowest BCUT2D eigenvalue weighted by Crippen LogP contribution is -2.52. The molecule has 1 aromatic rings. The fraction of sp³-hybridized carbons (Fsp3) is 0.438. The fourth-order valence-corrected chi connectivity index (χ4v) is 2.57. The van der Waals surface area contributed by atoms with E-state index < -0.39 is 6.04 Å². The Balaban J connectivity index is 1.80. The number of nitrogens with one attached hydrogen (secondary N) is 1. The van der Waals surface area contributed by atoms with E-state index in [9.17, 15) is 9.59 Å². The van der Waals surface area contributed by atoms with Crippen molar-refractivity contribution in [1.29, 1.82) is 0 Å². The summed E-state index contributed by atoms with van der Waals surface area (Å²) in [5, 5.41) is 2.76. The third-order valence-electron chi connectivity index (χ3n) is 3.86. The molecule has 0 radical (unpaired) electrons. The standard InChI is InChI=1S/C16H19N3O3/c1-11-2-4-12(5-3-11)15(21)13-10-14(20)18-16(17-13)19-6-8-22-9-7-19/h2-5,13H,6-10H2,1H3,(H,17,18,20). The molecule has 1 aromatic carbocycles. The van der Waals surface area contributed by atoms with Gasteiger partial charge in [0.1, 0.15) is 6.04 Å². The Bertz CT molecular complexity index is 604. The van der Waals surface area contributed by atoms with Gasteiger partial charge in [0.25, 0.3) is 0 Å². The summed E-state index contributed by atoms with van der Waals surface area (Å²) in [5.41, 5.74) is 1.69. The summed E-state index contributed by atoms with van der Waals surface area (Å²) in [7, 11) is 0. The number of aliphatic imine (C=N–C) groups is 1. The number of hydrogen-bond acceptors (Lipinski definition) is 5. The second kappa shape index (κ2) is 6.27. The zero-order valence-corrected chi connectivity index (χ0v) is 12.5. The van der Waals surface area contributed by atoms with E-state index >= 15 is 0 Å². The number of guanidine groups is 1. The average Bonchev–Trinajstić information content (AvgIpc) is 2.55. The fourth-order valence-electron chi connectivity index (χ4n) is 2.57. The van der Waals surface area contributed by atoms with Crippen LogP contribution in [0.2, 0.25) is 0 Å². The van der Waals surface area contributed by atoms with Crippen molar-refractivity contribution < 1.29 is 14.3 Å². The minimum Gasteiger partial charge on any atom is -0.378 e. The number of nitrogens with zero attached hydrogens (tertiary/aromatic N) is 2. The van der Waals surface area contributed by atoms with E-state index in [0.29, 0.717) is 37.8 Å². The van der Waals surface area contributed by atoms with Crippen LogP contribution in [0.5, 0.6) is 0 Å². The molecule has 6 nitrogen and oxygen atoms in total. The van der Waals surface area contributed by atoms with Crippen molar-refractivity contribution in [1.82, 2.24) is 10.2 Å². The summed E-state index contributed by atoms with van der Waals surface area (Å²) in [6, 6.07) is 6.71. The molecule has 1 N–H and O–H groups in total. The van der Waals surface area contributed by atoms with Crippen LogP contribution in [0.3, 0.4) is 0 Å². The van der Waals surface area contributed by atoms with Crippen LogP contribution in [-0.4, -0.2) is 54.9 Å². The number of ether oxygens (including phenoxy) is 1. The lowest BCUT2D eigenvalue weighted by atomic mass is 10.00. The first kappa shape index (κ1) is 14.7. The molecule has 1 atom stereocenters. The zero-order chi connectivity index (χ0) is 15.5. The van der Waals surface area contributed by atoms with E-state index in [4.69, 9.17) is 4.74 Å². The lowest BCUT2D eigenvalue weighted by Gasteiger charge is -2.32. The highest BCUT2D eigenvalue weighted by Crippen LogP contribution is 2.14. The van der Waals surface area contributed by atoms with Crippen LogP contribution in [0.15, 0.2) is 29.3 Å². The molecule has 0 spiro atoms. The van der Waals surface area contributed by atoms with Crippen molar-refractivity contribution in [2.24, 2.45) is 4.99 Å². The molecular weight excluding hydrogens is 282 g/mol. The minimum absolute atomic E-state index is 0.0978. The van der Waals surface area contributed by atoms with Gasteiger partial charge in [-0.1, -0.05) is 29.8 Å². The van der Waals surface area contributed by atoms with Gasteiger partial charge < -0.3 is 9.64 Å². The molecule has 6 heteroatoms. The van der Waals surface area contributed by atoms with Crippen molar-refractivity contribution in [2.45, 2.75) is 19.4 Å². The maximum atomic E-state index is 12.6. The summed E-state index contributed by atoms with van der Waals surface area (Å²) < 4.78 is 5.30. The molecule has 0 bridgehead atoms. The van der Waals surface area contributed by atoms with Crippen LogP contribution in [-0.2, 0) is 9.53 Å². The van der Waals surface area contributed by atoms with Gasteiger partial charge in [0.15, 0.2) is 5.78 Å². The van der Waals surface area contributed by atoms with Crippen molar-refractivity contribution in [3.8, 4) is 0 Å². The van der Waals surface area contributed by atoms with Crippen LogP contribution in [0.25, 0.3) is 0 Å². The van der Waals surface area contributed by atoms with Crippen molar-refractivity contribution in [2.75, 3.05) is 26.3 Å². The molecule has 22 heavy (non-hydrogen) atoms. The topological polar surface area (TPSA) is 71.0 Å². The highest BCUT2D eigenvalue weighted by molar-refractivity contribution is 6.08. The second-order valence-electron chi connectivity index (χ2n) is 5.55. The molecule has 2 aliphatic rings. The highest BCUT2D eigenvalue weighted by Gasteiger charge is 2.30. The molecule has 0 saturated carbocycles. The number of ketones is 1. The summed E-state index contributed by atoms with van der Waals surface area (Å²) >= 11 is 0. The van der Waals surface area contributed by atoms with E-state index in [2.05, 4.69) is 10.3 Å².